The van der Waals surface area contributed by atoms with Crippen LogP contribution in [-0.4, -0.2) is 0 Å². The Morgan fingerprint density at radius 2 is 1.14 bits per heavy atom. The first kappa shape index (κ1) is 16.6. The van der Waals surface area contributed by atoms with Crippen molar-refractivity contribution in [3.63, 3.8) is 0 Å². The summed E-state index contributed by atoms with van der Waals surface area (Å²) in [6.45, 7) is 0. The minimum Gasteiger partial charge on any atom is -0.460 e. The number of rotatable bonds is 2. The van der Waals surface area contributed by atoms with Crippen molar-refractivity contribution < 1.29 is 13.3 Å². The van der Waals surface area contributed by atoms with E-state index in [1.165, 1.54) is 0 Å². The molecule has 0 atom stereocenters. The molecule has 0 radical (unpaired) electrons. The standard InChI is InChI=1S/C12H2Br6O3/c13-4-6(15)11(17)20-8(4)3-1-2-19-9(3)10-5(14)7(16)12(18)21-10/h1-2H. The molecule has 3 nitrogen and oxygen atoms in total. The van der Waals surface area contributed by atoms with E-state index >= 15 is 0 Å². The lowest BCUT2D eigenvalue weighted by atomic mass is 10.1. The van der Waals surface area contributed by atoms with Crippen molar-refractivity contribution in [2.45, 2.75) is 0 Å². The van der Waals surface area contributed by atoms with Gasteiger partial charge >= 0.3 is 0 Å². The van der Waals surface area contributed by atoms with E-state index in [9.17, 15) is 0 Å². The third-order valence-corrected chi connectivity index (χ3v) is 8.90. The molecule has 0 bridgehead atoms. The summed E-state index contributed by atoms with van der Waals surface area (Å²) in [7, 11) is 0. The Morgan fingerprint density at radius 3 is 1.62 bits per heavy atom. The van der Waals surface area contributed by atoms with Gasteiger partial charge in [0.15, 0.2) is 26.6 Å². The molecule has 0 amide bonds. The van der Waals surface area contributed by atoms with Gasteiger partial charge in [0.2, 0.25) is 0 Å². The molecule has 3 heterocycles. The lowest BCUT2D eigenvalue weighted by molar-refractivity contribution is 0.507. The fraction of sp³-hybridized carbons (Fsp3) is 0. The van der Waals surface area contributed by atoms with Gasteiger partial charge in [0.1, 0.15) is 0 Å². The number of hydrogen-bond donors (Lipinski definition) is 0. The normalized spacial score (nSPS) is 11.3. The first-order valence-corrected chi connectivity index (χ1v) is 10.0. The Morgan fingerprint density at radius 1 is 0.619 bits per heavy atom. The topological polar surface area (TPSA) is 39.4 Å². The van der Waals surface area contributed by atoms with Gasteiger partial charge in [0, 0.05) is 0 Å². The Bertz CT molecular complexity index is 762. The van der Waals surface area contributed by atoms with Crippen LogP contribution in [0.3, 0.4) is 0 Å². The van der Waals surface area contributed by atoms with Gasteiger partial charge in [0.05, 0.1) is 29.7 Å². The van der Waals surface area contributed by atoms with Gasteiger partial charge in [-0.2, -0.15) is 0 Å². The van der Waals surface area contributed by atoms with Gasteiger partial charge in [-0.25, -0.2) is 0 Å². The monoisotopic (exact) mass is 668 g/mol. The van der Waals surface area contributed by atoms with Crippen molar-refractivity contribution in [3.8, 4) is 22.8 Å². The van der Waals surface area contributed by atoms with Gasteiger partial charge in [-0.05, 0) is 102 Å². The largest absolute Gasteiger partial charge is 0.460 e. The Balaban J connectivity index is 2.22. The fourth-order valence-corrected chi connectivity index (χ4v) is 4.40. The second-order valence-electron chi connectivity index (χ2n) is 3.83. The molecule has 0 aromatic carbocycles. The minimum absolute atomic E-state index is 0.558. The highest BCUT2D eigenvalue weighted by atomic mass is 79.9. The fourth-order valence-electron chi connectivity index (χ4n) is 1.71. The summed E-state index contributed by atoms with van der Waals surface area (Å²) in [4.78, 5) is 0. The second-order valence-corrected chi connectivity index (χ2v) is 8.44. The van der Waals surface area contributed by atoms with Crippen LogP contribution in [0.4, 0.5) is 0 Å². The maximum atomic E-state index is 5.71. The van der Waals surface area contributed by atoms with E-state index in [0.717, 1.165) is 23.5 Å². The smallest absolute Gasteiger partial charge is 0.187 e. The minimum atomic E-state index is 0.558. The first-order valence-electron chi connectivity index (χ1n) is 5.26. The van der Waals surface area contributed by atoms with E-state index in [2.05, 4.69) is 95.6 Å². The van der Waals surface area contributed by atoms with Crippen LogP contribution in [0.25, 0.3) is 22.8 Å². The molecule has 0 saturated heterocycles. The molecule has 0 N–H and O–H groups in total. The van der Waals surface area contributed by atoms with Crippen LogP contribution in [0, 0.1) is 0 Å². The Labute approximate surface area is 169 Å². The molecule has 0 unspecified atom stereocenters. The van der Waals surface area contributed by atoms with Gasteiger partial charge in [-0.1, -0.05) is 0 Å². The molecular weight excluding hydrogens is 672 g/mol. The van der Waals surface area contributed by atoms with Crippen LogP contribution in [-0.2, 0) is 0 Å². The third kappa shape index (κ3) is 2.82. The van der Waals surface area contributed by atoms with Crippen molar-refractivity contribution in [2.24, 2.45) is 0 Å². The number of hydrogen-bond acceptors (Lipinski definition) is 3. The van der Waals surface area contributed by atoms with Gasteiger partial charge < -0.3 is 13.3 Å². The summed E-state index contributed by atoms with van der Waals surface area (Å²) in [5, 5.41) is 0. The van der Waals surface area contributed by atoms with Crippen LogP contribution in [0.5, 0.6) is 0 Å². The average Bonchev–Trinajstić information content (AvgIpc) is 3.09. The van der Waals surface area contributed by atoms with Crippen molar-refractivity contribution >= 4 is 95.6 Å². The van der Waals surface area contributed by atoms with Crippen molar-refractivity contribution in [3.05, 3.63) is 39.6 Å². The maximum Gasteiger partial charge on any atom is 0.187 e. The Hall–Kier alpha value is 0.720. The van der Waals surface area contributed by atoms with E-state index in [1.54, 1.807) is 6.26 Å². The van der Waals surface area contributed by atoms with Gasteiger partial charge in [-0.15, -0.1) is 0 Å². The molecule has 110 valence electrons. The zero-order chi connectivity index (χ0) is 15.3. The zero-order valence-corrected chi connectivity index (χ0v) is 19.2. The molecule has 3 aromatic heterocycles. The van der Waals surface area contributed by atoms with Crippen LogP contribution < -0.4 is 0 Å². The number of halogens is 6. The molecule has 9 heteroatoms. The predicted molar refractivity (Wildman–Crippen MR) is 100 cm³/mol. The van der Waals surface area contributed by atoms with Gasteiger partial charge in [0.25, 0.3) is 0 Å². The van der Waals surface area contributed by atoms with E-state index in [-0.39, 0.29) is 0 Å². The lowest BCUT2D eigenvalue weighted by Crippen LogP contribution is -1.77. The molecule has 3 rings (SSSR count). The van der Waals surface area contributed by atoms with Crippen LogP contribution in [0.2, 0.25) is 0 Å². The highest BCUT2D eigenvalue weighted by Crippen LogP contribution is 2.48. The van der Waals surface area contributed by atoms with Crippen molar-refractivity contribution in [1.29, 1.82) is 0 Å². The van der Waals surface area contributed by atoms with E-state index in [0.29, 0.717) is 26.6 Å². The van der Waals surface area contributed by atoms with Crippen molar-refractivity contribution in [1.82, 2.24) is 0 Å². The maximum absolute atomic E-state index is 5.71. The van der Waals surface area contributed by atoms with E-state index in [4.69, 9.17) is 13.3 Å². The van der Waals surface area contributed by atoms with Gasteiger partial charge in [-0.3, -0.25) is 0 Å². The summed E-state index contributed by atoms with van der Waals surface area (Å²) in [5.41, 5.74) is 0.766. The molecule has 0 aliphatic carbocycles. The van der Waals surface area contributed by atoms with Crippen LogP contribution >= 0.6 is 95.6 Å². The molecule has 0 spiro atoms. The third-order valence-electron chi connectivity index (χ3n) is 2.63. The zero-order valence-electron chi connectivity index (χ0n) is 9.65. The quantitative estimate of drug-likeness (QED) is 0.275. The van der Waals surface area contributed by atoms with Crippen LogP contribution in [0.1, 0.15) is 0 Å². The molecule has 3 aromatic rings. The average molecular weight is 674 g/mol. The molecule has 0 fully saturated rings. The van der Waals surface area contributed by atoms with Crippen molar-refractivity contribution in [2.75, 3.05) is 0 Å². The molecular formula is C12H2Br6O3. The summed E-state index contributed by atoms with van der Waals surface area (Å²) >= 11 is 20.5. The molecule has 0 aliphatic heterocycles. The predicted octanol–water partition coefficient (Wildman–Crippen LogP) is 8.37. The van der Waals surface area contributed by atoms with E-state index < -0.39 is 0 Å². The Kier molecular flexibility index (Phi) is 4.98. The molecule has 0 saturated carbocycles. The highest BCUT2D eigenvalue weighted by Gasteiger charge is 2.26. The highest BCUT2D eigenvalue weighted by molar-refractivity contribution is 9.15. The first-order chi connectivity index (χ1) is 9.91. The van der Waals surface area contributed by atoms with Crippen LogP contribution in [0.15, 0.2) is 52.8 Å². The molecule has 0 aliphatic rings. The summed E-state index contributed by atoms with van der Waals surface area (Å²) in [6.07, 6.45) is 1.58. The van der Waals surface area contributed by atoms with E-state index in [1.807, 2.05) is 6.07 Å². The summed E-state index contributed by atoms with van der Waals surface area (Å²) in [5.74, 6) is 1.75. The SMILES string of the molecule is Brc1oc(-c2ccoc2-c2oc(Br)c(Br)c2Br)c(Br)c1Br. The number of furan rings is 3. The second kappa shape index (κ2) is 6.32. The lowest BCUT2D eigenvalue weighted by Gasteiger charge is -1.98. The molecule has 21 heavy (non-hydrogen) atoms. The summed E-state index contributed by atoms with van der Waals surface area (Å²) in [6, 6.07) is 1.81. The summed E-state index contributed by atoms with van der Waals surface area (Å²) < 4.78 is 21.3.